The highest BCUT2D eigenvalue weighted by atomic mass is 16.5. The number of nitrogens with one attached hydrogen (secondary N) is 4. The van der Waals surface area contributed by atoms with E-state index < -0.39 is 0 Å². The fourth-order valence-electron chi connectivity index (χ4n) is 3.81. The van der Waals surface area contributed by atoms with E-state index in [0.29, 0.717) is 11.5 Å². The van der Waals surface area contributed by atoms with Crippen LogP contribution >= 0.6 is 0 Å². The molecule has 4 rings (SSSR count). The molecular weight excluding hydrogens is 330 g/mol. The topological polar surface area (TPSA) is 91.1 Å². The van der Waals surface area contributed by atoms with E-state index in [1.807, 2.05) is 37.3 Å². The smallest absolute Gasteiger partial charge is 0.227 e. The summed E-state index contributed by atoms with van der Waals surface area (Å²) in [6, 6.07) is 10.1. The molecule has 1 aromatic heterocycles. The molecule has 0 radical (unpaired) electrons. The summed E-state index contributed by atoms with van der Waals surface area (Å²) in [6.45, 7) is 3.54. The third kappa shape index (κ3) is 3.59. The third-order valence-electron chi connectivity index (χ3n) is 5.23. The van der Waals surface area contributed by atoms with Crippen LogP contribution in [-0.2, 0) is 9.53 Å². The van der Waals surface area contributed by atoms with Crippen LogP contribution in [0.15, 0.2) is 30.3 Å². The van der Waals surface area contributed by atoms with Gasteiger partial charge in [0.15, 0.2) is 5.82 Å². The number of benzene rings is 1. The molecule has 1 amide bonds. The number of aromatic nitrogens is 2. The van der Waals surface area contributed by atoms with Crippen molar-refractivity contribution in [2.24, 2.45) is 5.92 Å². The van der Waals surface area contributed by atoms with Crippen molar-refractivity contribution >= 4 is 23.1 Å². The summed E-state index contributed by atoms with van der Waals surface area (Å²) in [7, 11) is 0. The molecule has 2 heterocycles. The third-order valence-corrected chi connectivity index (χ3v) is 5.23. The molecule has 1 aliphatic carbocycles. The summed E-state index contributed by atoms with van der Waals surface area (Å²) in [5, 5.41) is 17.1. The van der Waals surface area contributed by atoms with Crippen LogP contribution in [0.25, 0.3) is 0 Å². The Bertz CT molecular complexity index is 761. The lowest BCUT2D eigenvalue weighted by atomic mass is 9.82. The number of amides is 1. The Balaban J connectivity index is 1.44. The zero-order chi connectivity index (χ0) is 17.9. The number of aryl methyl sites for hydroxylation is 1. The second-order valence-electron chi connectivity index (χ2n) is 7.03. The van der Waals surface area contributed by atoms with E-state index in [0.717, 1.165) is 43.8 Å². The maximum atomic E-state index is 12.8. The first-order valence-corrected chi connectivity index (χ1v) is 9.23. The lowest BCUT2D eigenvalue weighted by Gasteiger charge is -2.39. The van der Waals surface area contributed by atoms with Crippen molar-refractivity contribution < 1.29 is 9.53 Å². The summed E-state index contributed by atoms with van der Waals surface area (Å²) >= 11 is 0. The average molecular weight is 355 g/mol. The van der Waals surface area contributed by atoms with Gasteiger partial charge in [0.2, 0.25) is 5.91 Å². The Morgan fingerprint density at radius 1 is 1.27 bits per heavy atom. The number of hydrogen-bond acceptors (Lipinski definition) is 5. The van der Waals surface area contributed by atoms with Crippen molar-refractivity contribution in [3.63, 3.8) is 0 Å². The molecule has 1 saturated heterocycles. The van der Waals surface area contributed by atoms with E-state index in [4.69, 9.17) is 4.74 Å². The molecule has 7 nitrogen and oxygen atoms in total. The second kappa shape index (κ2) is 7.47. The van der Waals surface area contributed by atoms with Gasteiger partial charge in [-0.1, -0.05) is 18.2 Å². The first kappa shape index (κ1) is 17.1. The monoisotopic (exact) mass is 355 g/mol. The Kier molecular flexibility index (Phi) is 4.90. The van der Waals surface area contributed by atoms with E-state index in [1.165, 1.54) is 0 Å². The number of hydrogen-bond donors (Lipinski definition) is 4. The first-order chi connectivity index (χ1) is 12.7. The number of aromatic amines is 1. The zero-order valence-corrected chi connectivity index (χ0v) is 14.9. The van der Waals surface area contributed by atoms with Crippen LogP contribution in [0.2, 0.25) is 0 Å². The number of carbonyl (C=O) groups is 1. The van der Waals surface area contributed by atoms with Crippen molar-refractivity contribution in [3.05, 3.63) is 36.0 Å². The normalized spacial score (nSPS) is 25.3. The fraction of sp³-hybridized carbons (Fsp3) is 0.474. The number of nitrogens with zero attached hydrogens (tertiary/aromatic N) is 1. The van der Waals surface area contributed by atoms with Crippen molar-refractivity contribution in [1.82, 2.24) is 15.5 Å². The van der Waals surface area contributed by atoms with Gasteiger partial charge in [0, 0.05) is 24.2 Å². The van der Waals surface area contributed by atoms with E-state index in [2.05, 4.69) is 26.1 Å². The number of H-pyrrole nitrogens is 1. The number of morpholine rings is 1. The standard InChI is InChI=1S/C19H25N5O2/c1-12-17(18(24-23-12)21-14-5-3-2-4-6-14)22-19(25)13-7-8-16-15(11-13)20-9-10-26-16/h2-6,13,15-16,20H,7-11H2,1H3,(H,22,25)(H2,21,23,24)/t13-,15+,16+/m0/s1. The van der Waals surface area contributed by atoms with Gasteiger partial charge in [-0.25, -0.2) is 0 Å². The van der Waals surface area contributed by atoms with Crippen LogP contribution < -0.4 is 16.0 Å². The van der Waals surface area contributed by atoms with Gasteiger partial charge >= 0.3 is 0 Å². The number of rotatable bonds is 4. The molecule has 1 aliphatic heterocycles. The van der Waals surface area contributed by atoms with Gasteiger partial charge in [-0.2, -0.15) is 5.10 Å². The maximum Gasteiger partial charge on any atom is 0.227 e. The maximum absolute atomic E-state index is 12.8. The largest absolute Gasteiger partial charge is 0.375 e. The lowest BCUT2D eigenvalue weighted by molar-refractivity contribution is -0.123. The molecule has 3 atom stereocenters. The number of carbonyl (C=O) groups excluding carboxylic acids is 1. The van der Waals surface area contributed by atoms with Gasteiger partial charge in [0.1, 0.15) is 5.69 Å². The molecule has 2 aliphatic rings. The highest BCUT2D eigenvalue weighted by Crippen LogP contribution is 2.31. The number of para-hydroxylation sites is 1. The number of ether oxygens (including phenoxy) is 1. The van der Waals surface area contributed by atoms with Crippen LogP contribution in [0.4, 0.5) is 17.2 Å². The van der Waals surface area contributed by atoms with Crippen LogP contribution in [-0.4, -0.2) is 41.4 Å². The Labute approximate surface area is 152 Å². The predicted molar refractivity (Wildman–Crippen MR) is 101 cm³/mol. The summed E-state index contributed by atoms with van der Waals surface area (Å²) in [6.07, 6.45) is 2.84. The van der Waals surface area contributed by atoms with E-state index in [-0.39, 0.29) is 24.0 Å². The summed E-state index contributed by atoms with van der Waals surface area (Å²) < 4.78 is 5.80. The zero-order valence-electron chi connectivity index (χ0n) is 14.9. The van der Waals surface area contributed by atoms with E-state index in [9.17, 15) is 4.79 Å². The van der Waals surface area contributed by atoms with Gasteiger partial charge < -0.3 is 20.7 Å². The first-order valence-electron chi connectivity index (χ1n) is 9.23. The molecule has 0 spiro atoms. The van der Waals surface area contributed by atoms with E-state index >= 15 is 0 Å². The summed E-state index contributed by atoms with van der Waals surface area (Å²) in [5.41, 5.74) is 2.48. The highest BCUT2D eigenvalue weighted by molar-refractivity contribution is 5.96. The minimum absolute atomic E-state index is 0.00988. The van der Waals surface area contributed by atoms with Gasteiger partial charge in [-0.05, 0) is 38.3 Å². The van der Waals surface area contributed by atoms with Crippen LogP contribution in [0, 0.1) is 12.8 Å². The van der Waals surface area contributed by atoms with Gasteiger partial charge in [0.25, 0.3) is 0 Å². The lowest BCUT2D eigenvalue weighted by Crippen LogP contribution is -2.52. The molecule has 1 saturated carbocycles. The molecule has 138 valence electrons. The van der Waals surface area contributed by atoms with Crippen LogP contribution in [0.3, 0.4) is 0 Å². The fourth-order valence-corrected chi connectivity index (χ4v) is 3.81. The highest BCUT2D eigenvalue weighted by Gasteiger charge is 2.36. The van der Waals surface area contributed by atoms with Crippen molar-refractivity contribution in [2.45, 2.75) is 38.3 Å². The van der Waals surface area contributed by atoms with Crippen molar-refractivity contribution in [3.8, 4) is 0 Å². The number of fused-ring (bicyclic) bond motifs is 1. The van der Waals surface area contributed by atoms with Crippen molar-refractivity contribution in [1.29, 1.82) is 0 Å². The molecular formula is C19H25N5O2. The van der Waals surface area contributed by atoms with Crippen LogP contribution in [0.5, 0.6) is 0 Å². The molecule has 0 bridgehead atoms. The SMILES string of the molecule is Cc1[nH]nc(Nc2ccccc2)c1NC(=O)[C@H]1CC[C@H]2OCCN[C@@H]2C1. The Morgan fingerprint density at radius 2 is 2.12 bits per heavy atom. The minimum Gasteiger partial charge on any atom is -0.375 e. The summed E-state index contributed by atoms with van der Waals surface area (Å²) in [5.74, 6) is 0.677. The molecule has 0 unspecified atom stereocenters. The predicted octanol–water partition coefficient (Wildman–Crippen LogP) is 2.56. The second-order valence-corrected chi connectivity index (χ2v) is 7.03. The summed E-state index contributed by atoms with van der Waals surface area (Å²) in [4.78, 5) is 12.8. The number of anilines is 3. The van der Waals surface area contributed by atoms with Gasteiger partial charge in [-0.3, -0.25) is 9.89 Å². The van der Waals surface area contributed by atoms with Crippen molar-refractivity contribution in [2.75, 3.05) is 23.8 Å². The average Bonchev–Trinajstić information content (AvgIpc) is 3.02. The van der Waals surface area contributed by atoms with Gasteiger partial charge in [-0.15, -0.1) is 0 Å². The molecule has 7 heteroatoms. The Morgan fingerprint density at radius 3 is 2.96 bits per heavy atom. The van der Waals surface area contributed by atoms with Gasteiger partial charge in [0.05, 0.1) is 18.4 Å². The molecule has 1 aromatic carbocycles. The molecule has 26 heavy (non-hydrogen) atoms. The Hall–Kier alpha value is -2.38. The molecule has 4 N–H and O–H groups in total. The molecule has 2 aromatic rings. The van der Waals surface area contributed by atoms with Crippen LogP contribution in [0.1, 0.15) is 25.0 Å². The van der Waals surface area contributed by atoms with E-state index in [1.54, 1.807) is 0 Å². The molecule has 2 fully saturated rings. The minimum atomic E-state index is -0.00988. The quantitative estimate of drug-likeness (QED) is 0.677.